The second-order valence-corrected chi connectivity index (χ2v) is 5.57. The van der Waals surface area contributed by atoms with Gasteiger partial charge in [-0.2, -0.15) is 13.2 Å². The summed E-state index contributed by atoms with van der Waals surface area (Å²) >= 11 is 0. The number of rotatable bonds is 4. The summed E-state index contributed by atoms with van der Waals surface area (Å²) in [5.41, 5.74) is 0.850. The van der Waals surface area contributed by atoms with Crippen LogP contribution >= 0.6 is 0 Å². The van der Waals surface area contributed by atoms with Gasteiger partial charge in [0.1, 0.15) is 5.82 Å². The molecule has 3 aromatic rings. The fraction of sp³-hybridized carbons (Fsp3) is 0.167. The van der Waals surface area contributed by atoms with Crippen molar-refractivity contribution in [1.29, 1.82) is 0 Å². The first-order valence-corrected chi connectivity index (χ1v) is 7.46. The van der Waals surface area contributed by atoms with Gasteiger partial charge >= 0.3 is 6.18 Å². The molecule has 0 radical (unpaired) electrons. The standard InChI is InChI=1S/C18H15F3N4/c1-4-5-25-10-15(11(2)18(19,20)21)14-6-16(24-9-17(14)25)13-7-22-12(3)23-8-13/h4,6-10H,1-2,5H2,3H3. The highest BCUT2D eigenvalue weighted by atomic mass is 19.4. The predicted octanol–water partition coefficient (Wildman–Crippen LogP) is 4.56. The van der Waals surface area contributed by atoms with Crippen LogP contribution in [0.1, 0.15) is 11.4 Å². The van der Waals surface area contributed by atoms with E-state index in [0.717, 1.165) is 0 Å². The Bertz CT molecular complexity index is 953. The molecule has 128 valence electrons. The molecule has 0 aliphatic carbocycles. The van der Waals surface area contributed by atoms with Gasteiger partial charge < -0.3 is 4.57 Å². The lowest BCUT2D eigenvalue weighted by Gasteiger charge is -2.09. The van der Waals surface area contributed by atoms with Crippen LogP contribution in [0.25, 0.3) is 27.7 Å². The SMILES string of the molecule is C=CCn1cc(C(=C)C(F)(F)F)c2cc(-c3cnc(C)nc3)ncc21. The summed E-state index contributed by atoms with van der Waals surface area (Å²) in [5.74, 6) is 0.605. The molecule has 25 heavy (non-hydrogen) atoms. The Hall–Kier alpha value is -2.96. The maximum Gasteiger partial charge on any atom is 0.416 e. The van der Waals surface area contributed by atoms with Crippen molar-refractivity contribution < 1.29 is 13.2 Å². The lowest BCUT2D eigenvalue weighted by Crippen LogP contribution is -2.09. The second kappa shape index (κ2) is 6.16. The number of hydrogen-bond acceptors (Lipinski definition) is 3. The monoisotopic (exact) mass is 344 g/mol. The van der Waals surface area contributed by atoms with E-state index in [0.29, 0.717) is 34.5 Å². The van der Waals surface area contributed by atoms with Crippen molar-refractivity contribution in [2.75, 3.05) is 0 Å². The quantitative estimate of drug-likeness (QED) is 0.652. The van der Waals surface area contributed by atoms with E-state index in [-0.39, 0.29) is 5.56 Å². The lowest BCUT2D eigenvalue weighted by molar-refractivity contribution is -0.0685. The Labute approximate surface area is 142 Å². The third-order valence-electron chi connectivity index (χ3n) is 3.84. The molecule has 0 amide bonds. The van der Waals surface area contributed by atoms with E-state index in [1.807, 2.05) is 0 Å². The summed E-state index contributed by atoms with van der Waals surface area (Å²) in [7, 11) is 0. The van der Waals surface area contributed by atoms with Gasteiger partial charge in [0.2, 0.25) is 0 Å². The Morgan fingerprint density at radius 3 is 2.48 bits per heavy atom. The number of alkyl halides is 3. The molecule has 0 spiro atoms. The zero-order valence-electron chi connectivity index (χ0n) is 13.5. The molecular weight excluding hydrogens is 329 g/mol. The van der Waals surface area contributed by atoms with Crippen molar-refractivity contribution in [3.8, 4) is 11.3 Å². The summed E-state index contributed by atoms with van der Waals surface area (Å²) < 4.78 is 41.1. The lowest BCUT2D eigenvalue weighted by atomic mass is 10.1. The summed E-state index contributed by atoms with van der Waals surface area (Å²) in [6, 6.07) is 1.61. The third kappa shape index (κ3) is 3.17. The molecule has 7 heteroatoms. The van der Waals surface area contributed by atoms with Gasteiger partial charge in [-0.1, -0.05) is 12.7 Å². The van der Waals surface area contributed by atoms with Crippen molar-refractivity contribution >= 4 is 16.5 Å². The van der Waals surface area contributed by atoms with Gasteiger partial charge in [0.05, 0.1) is 23.0 Å². The van der Waals surface area contributed by atoms with E-state index in [4.69, 9.17) is 0 Å². The minimum absolute atomic E-state index is 0.0287. The molecule has 0 atom stereocenters. The molecule has 3 aromatic heterocycles. The molecule has 0 unspecified atom stereocenters. The Morgan fingerprint density at radius 1 is 1.20 bits per heavy atom. The van der Waals surface area contributed by atoms with Gasteiger partial charge in [0.15, 0.2) is 0 Å². The number of halogens is 3. The molecule has 0 bridgehead atoms. The van der Waals surface area contributed by atoms with Crippen LogP contribution in [0.4, 0.5) is 13.2 Å². The average molecular weight is 344 g/mol. The van der Waals surface area contributed by atoms with Crippen LogP contribution in [0, 0.1) is 6.92 Å². The maximum atomic E-state index is 13.2. The van der Waals surface area contributed by atoms with Gasteiger partial charge in [-0.15, -0.1) is 6.58 Å². The number of aryl methyl sites for hydroxylation is 1. The zero-order valence-corrected chi connectivity index (χ0v) is 13.5. The third-order valence-corrected chi connectivity index (χ3v) is 3.84. The number of allylic oxidation sites excluding steroid dienone is 2. The highest BCUT2D eigenvalue weighted by molar-refractivity contribution is 5.95. The summed E-state index contributed by atoms with van der Waals surface area (Å²) in [6.07, 6.45) is 3.26. The molecule has 0 aliphatic heterocycles. The Balaban J connectivity index is 2.21. The van der Waals surface area contributed by atoms with Gasteiger partial charge in [-0.3, -0.25) is 4.98 Å². The van der Waals surface area contributed by atoms with Crippen LogP contribution < -0.4 is 0 Å². The van der Waals surface area contributed by atoms with Crippen molar-refractivity contribution in [3.63, 3.8) is 0 Å². The number of fused-ring (bicyclic) bond motifs is 1. The highest BCUT2D eigenvalue weighted by Crippen LogP contribution is 2.37. The molecule has 0 saturated carbocycles. The topological polar surface area (TPSA) is 43.6 Å². The average Bonchev–Trinajstić information content (AvgIpc) is 2.92. The van der Waals surface area contributed by atoms with Gasteiger partial charge in [-0.25, -0.2) is 9.97 Å². The van der Waals surface area contributed by atoms with Crippen LogP contribution in [0.3, 0.4) is 0 Å². The number of hydrogen-bond donors (Lipinski definition) is 0. The number of pyridine rings is 1. The molecule has 0 aromatic carbocycles. The first-order chi connectivity index (χ1) is 11.8. The van der Waals surface area contributed by atoms with Crippen LogP contribution in [0.15, 0.2) is 50.1 Å². The minimum atomic E-state index is -4.51. The van der Waals surface area contributed by atoms with Crippen molar-refractivity contribution in [2.24, 2.45) is 0 Å². The van der Waals surface area contributed by atoms with Crippen LogP contribution in [0.2, 0.25) is 0 Å². The number of aromatic nitrogens is 4. The van der Waals surface area contributed by atoms with Gasteiger partial charge in [0, 0.05) is 41.6 Å². The summed E-state index contributed by atoms with van der Waals surface area (Å²) in [5, 5.41) is 0.426. The molecule has 3 rings (SSSR count). The summed E-state index contributed by atoms with van der Waals surface area (Å²) in [6.45, 7) is 8.98. The van der Waals surface area contributed by atoms with E-state index in [2.05, 4.69) is 28.1 Å². The zero-order chi connectivity index (χ0) is 18.2. The molecule has 0 fully saturated rings. The first kappa shape index (κ1) is 16.9. The fourth-order valence-corrected chi connectivity index (χ4v) is 2.55. The van der Waals surface area contributed by atoms with Crippen molar-refractivity contribution in [2.45, 2.75) is 19.6 Å². The van der Waals surface area contributed by atoms with Gasteiger partial charge in [0.25, 0.3) is 0 Å². The van der Waals surface area contributed by atoms with Crippen molar-refractivity contribution in [1.82, 2.24) is 19.5 Å². The Morgan fingerprint density at radius 2 is 1.88 bits per heavy atom. The van der Waals surface area contributed by atoms with Crippen LogP contribution in [0.5, 0.6) is 0 Å². The van der Waals surface area contributed by atoms with E-state index in [1.54, 1.807) is 42.2 Å². The molecule has 0 N–H and O–H groups in total. The van der Waals surface area contributed by atoms with Crippen LogP contribution in [-0.4, -0.2) is 25.7 Å². The minimum Gasteiger partial charge on any atom is -0.342 e. The highest BCUT2D eigenvalue weighted by Gasteiger charge is 2.34. The van der Waals surface area contributed by atoms with E-state index in [1.165, 1.54) is 6.20 Å². The van der Waals surface area contributed by atoms with Gasteiger partial charge in [-0.05, 0) is 13.0 Å². The molecule has 4 nitrogen and oxygen atoms in total. The normalized spacial score (nSPS) is 11.7. The first-order valence-electron chi connectivity index (χ1n) is 7.46. The maximum absolute atomic E-state index is 13.2. The number of nitrogens with zero attached hydrogens (tertiary/aromatic N) is 4. The molecule has 0 saturated heterocycles. The smallest absolute Gasteiger partial charge is 0.342 e. The summed E-state index contributed by atoms with van der Waals surface area (Å²) in [4.78, 5) is 12.5. The molecule has 0 aliphatic rings. The second-order valence-electron chi connectivity index (χ2n) is 5.57. The van der Waals surface area contributed by atoms with Crippen LogP contribution in [-0.2, 0) is 6.54 Å². The van der Waals surface area contributed by atoms with Crippen molar-refractivity contribution in [3.05, 3.63) is 61.5 Å². The van der Waals surface area contributed by atoms with E-state index < -0.39 is 11.7 Å². The largest absolute Gasteiger partial charge is 0.416 e. The van der Waals surface area contributed by atoms with E-state index >= 15 is 0 Å². The molecular formula is C18H15F3N4. The molecule has 3 heterocycles. The predicted molar refractivity (Wildman–Crippen MR) is 90.8 cm³/mol. The fourth-order valence-electron chi connectivity index (χ4n) is 2.55. The van der Waals surface area contributed by atoms with E-state index in [9.17, 15) is 13.2 Å². The Kier molecular flexibility index (Phi) is 4.16.